The zero-order chi connectivity index (χ0) is 13.7. The van der Waals surface area contributed by atoms with E-state index in [2.05, 4.69) is 36.5 Å². The lowest BCUT2D eigenvalue weighted by atomic mass is 9.95. The first-order valence-corrected chi connectivity index (χ1v) is 7.27. The zero-order valence-corrected chi connectivity index (χ0v) is 12.0. The molecule has 2 rings (SSSR count). The van der Waals surface area contributed by atoms with E-state index in [4.69, 9.17) is 0 Å². The standard InChI is InChI=1S/C16H24N2O/c1-3-4-7-10-18(2)16(19)15-11-13-8-5-6-9-14(13)12-17-15/h5-6,8-9,15,17H,3-4,7,10-12H2,1-2H3/t15-/m1/s1. The second kappa shape index (κ2) is 6.71. The molecule has 1 aliphatic heterocycles. The number of nitrogens with one attached hydrogen (secondary N) is 1. The van der Waals surface area contributed by atoms with Gasteiger partial charge in [0.15, 0.2) is 0 Å². The Hall–Kier alpha value is -1.35. The molecule has 1 aromatic rings. The predicted molar refractivity (Wildman–Crippen MR) is 77.9 cm³/mol. The van der Waals surface area contributed by atoms with Crippen molar-refractivity contribution < 1.29 is 4.79 Å². The monoisotopic (exact) mass is 260 g/mol. The molecule has 1 amide bonds. The lowest BCUT2D eigenvalue weighted by molar-refractivity contribution is -0.132. The highest BCUT2D eigenvalue weighted by atomic mass is 16.2. The predicted octanol–water partition coefficient (Wildman–Crippen LogP) is 2.35. The van der Waals surface area contributed by atoms with Crippen LogP contribution < -0.4 is 5.32 Å². The van der Waals surface area contributed by atoms with Crippen LogP contribution in [0.15, 0.2) is 24.3 Å². The minimum atomic E-state index is -0.0541. The summed E-state index contributed by atoms with van der Waals surface area (Å²) in [5.41, 5.74) is 2.63. The average Bonchev–Trinajstić information content (AvgIpc) is 2.46. The molecule has 1 N–H and O–H groups in total. The highest BCUT2D eigenvalue weighted by Crippen LogP contribution is 2.17. The van der Waals surface area contributed by atoms with Crippen LogP contribution in [0.2, 0.25) is 0 Å². The number of hydrogen-bond donors (Lipinski definition) is 1. The van der Waals surface area contributed by atoms with E-state index in [0.717, 1.165) is 25.9 Å². The van der Waals surface area contributed by atoms with Gasteiger partial charge < -0.3 is 10.2 Å². The summed E-state index contributed by atoms with van der Waals surface area (Å²) in [6.45, 7) is 3.85. The first-order valence-electron chi connectivity index (χ1n) is 7.27. The minimum Gasteiger partial charge on any atom is -0.344 e. The Morgan fingerprint density at radius 1 is 1.32 bits per heavy atom. The molecule has 104 valence electrons. The van der Waals surface area contributed by atoms with E-state index in [-0.39, 0.29) is 11.9 Å². The van der Waals surface area contributed by atoms with Crippen molar-refractivity contribution in [3.63, 3.8) is 0 Å². The maximum absolute atomic E-state index is 12.4. The summed E-state index contributed by atoms with van der Waals surface area (Å²) in [5, 5.41) is 3.36. The van der Waals surface area contributed by atoms with E-state index in [0.29, 0.717) is 0 Å². The number of carbonyl (C=O) groups is 1. The van der Waals surface area contributed by atoms with Gasteiger partial charge in [-0.25, -0.2) is 0 Å². The van der Waals surface area contributed by atoms with Crippen molar-refractivity contribution in [2.45, 2.75) is 45.2 Å². The lowest BCUT2D eigenvalue weighted by Gasteiger charge is -2.29. The summed E-state index contributed by atoms with van der Waals surface area (Å²) in [6.07, 6.45) is 4.30. The van der Waals surface area contributed by atoms with E-state index in [1.54, 1.807) is 0 Å². The molecule has 1 heterocycles. The third kappa shape index (κ3) is 3.57. The van der Waals surface area contributed by atoms with Crippen molar-refractivity contribution in [1.82, 2.24) is 10.2 Å². The molecule has 3 nitrogen and oxygen atoms in total. The Morgan fingerprint density at radius 3 is 2.79 bits per heavy atom. The SMILES string of the molecule is CCCCCN(C)C(=O)[C@H]1Cc2ccccc2CN1. The van der Waals surface area contributed by atoms with E-state index in [9.17, 15) is 4.79 Å². The normalized spacial score (nSPS) is 17.9. The molecule has 0 fully saturated rings. The molecule has 0 saturated heterocycles. The molecular weight excluding hydrogens is 236 g/mol. The fraction of sp³-hybridized carbons (Fsp3) is 0.562. The van der Waals surface area contributed by atoms with E-state index >= 15 is 0 Å². The number of unbranched alkanes of at least 4 members (excludes halogenated alkanes) is 2. The van der Waals surface area contributed by atoms with Gasteiger partial charge in [-0.05, 0) is 24.0 Å². The summed E-state index contributed by atoms with van der Waals surface area (Å²) < 4.78 is 0. The first-order chi connectivity index (χ1) is 9.22. The lowest BCUT2D eigenvalue weighted by Crippen LogP contribution is -2.48. The quantitative estimate of drug-likeness (QED) is 0.824. The third-order valence-electron chi connectivity index (χ3n) is 3.85. The van der Waals surface area contributed by atoms with Crippen LogP contribution in [0.3, 0.4) is 0 Å². The fourth-order valence-corrected chi connectivity index (χ4v) is 2.60. The third-order valence-corrected chi connectivity index (χ3v) is 3.85. The zero-order valence-electron chi connectivity index (χ0n) is 12.0. The number of carbonyl (C=O) groups excluding carboxylic acids is 1. The van der Waals surface area contributed by atoms with Gasteiger partial charge in [0.2, 0.25) is 5.91 Å². The summed E-state index contributed by atoms with van der Waals surface area (Å²) in [4.78, 5) is 14.2. The molecule has 0 aromatic heterocycles. The molecule has 0 radical (unpaired) electrons. The van der Waals surface area contributed by atoms with Gasteiger partial charge >= 0.3 is 0 Å². The fourth-order valence-electron chi connectivity index (χ4n) is 2.60. The van der Waals surface area contributed by atoms with Gasteiger partial charge in [-0.2, -0.15) is 0 Å². The van der Waals surface area contributed by atoms with Crippen molar-refractivity contribution in [2.24, 2.45) is 0 Å². The van der Waals surface area contributed by atoms with Gasteiger partial charge in [-0.1, -0.05) is 44.0 Å². The van der Waals surface area contributed by atoms with Crippen molar-refractivity contribution in [3.05, 3.63) is 35.4 Å². The largest absolute Gasteiger partial charge is 0.344 e. The van der Waals surface area contributed by atoms with Crippen LogP contribution in [0.1, 0.15) is 37.3 Å². The van der Waals surface area contributed by atoms with E-state index in [1.165, 1.54) is 24.0 Å². The Morgan fingerprint density at radius 2 is 2.05 bits per heavy atom. The molecule has 0 unspecified atom stereocenters. The molecule has 19 heavy (non-hydrogen) atoms. The number of benzene rings is 1. The average molecular weight is 260 g/mol. The van der Waals surface area contributed by atoms with Crippen LogP contribution in [-0.2, 0) is 17.8 Å². The smallest absolute Gasteiger partial charge is 0.239 e. The van der Waals surface area contributed by atoms with Gasteiger partial charge in [0.1, 0.15) is 0 Å². The van der Waals surface area contributed by atoms with Crippen LogP contribution in [-0.4, -0.2) is 30.4 Å². The maximum Gasteiger partial charge on any atom is 0.239 e. The second-order valence-electron chi connectivity index (χ2n) is 5.37. The molecule has 0 saturated carbocycles. The van der Waals surface area contributed by atoms with E-state index < -0.39 is 0 Å². The molecule has 0 aliphatic carbocycles. The minimum absolute atomic E-state index is 0.0541. The van der Waals surface area contributed by atoms with Gasteiger partial charge in [0.05, 0.1) is 6.04 Å². The number of hydrogen-bond acceptors (Lipinski definition) is 2. The number of amides is 1. The first kappa shape index (κ1) is 14.1. The van der Waals surface area contributed by atoms with Crippen LogP contribution in [0.4, 0.5) is 0 Å². The Kier molecular flexibility index (Phi) is 4.97. The number of fused-ring (bicyclic) bond motifs is 1. The molecule has 1 aliphatic rings. The molecule has 0 spiro atoms. The Labute approximate surface area is 116 Å². The molecule has 0 bridgehead atoms. The summed E-state index contributed by atoms with van der Waals surface area (Å²) in [6, 6.07) is 8.32. The summed E-state index contributed by atoms with van der Waals surface area (Å²) in [5.74, 6) is 0.227. The molecular formula is C16H24N2O. The summed E-state index contributed by atoms with van der Waals surface area (Å²) >= 11 is 0. The number of likely N-dealkylation sites (N-methyl/N-ethyl adjacent to an activating group) is 1. The molecule has 1 atom stereocenters. The van der Waals surface area contributed by atoms with Gasteiger partial charge in [-0.15, -0.1) is 0 Å². The topological polar surface area (TPSA) is 32.3 Å². The number of rotatable bonds is 5. The highest BCUT2D eigenvalue weighted by Gasteiger charge is 2.25. The second-order valence-corrected chi connectivity index (χ2v) is 5.37. The van der Waals surface area contributed by atoms with Crippen molar-refractivity contribution in [1.29, 1.82) is 0 Å². The van der Waals surface area contributed by atoms with Crippen LogP contribution in [0, 0.1) is 0 Å². The van der Waals surface area contributed by atoms with Crippen LogP contribution in [0.5, 0.6) is 0 Å². The van der Waals surface area contributed by atoms with Gasteiger partial charge in [0.25, 0.3) is 0 Å². The van der Waals surface area contributed by atoms with E-state index in [1.807, 2.05) is 11.9 Å². The van der Waals surface area contributed by atoms with Crippen molar-refractivity contribution >= 4 is 5.91 Å². The van der Waals surface area contributed by atoms with Crippen molar-refractivity contribution in [3.8, 4) is 0 Å². The molecule has 3 heteroatoms. The molecule has 1 aromatic carbocycles. The van der Waals surface area contributed by atoms with Crippen LogP contribution >= 0.6 is 0 Å². The van der Waals surface area contributed by atoms with Gasteiger partial charge in [0, 0.05) is 20.1 Å². The van der Waals surface area contributed by atoms with Crippen molar-refractivity contribution in [2.75, 3.05) is 13.6 Å². The van der Waals surface area contributed by atoms with Gasteiger partial charge in [-0.3, -0.25) is 4.79 Å². The maximum atomic E-state index is 12.4. The highest BCUT2D eigenvalue weighted by molar-refractivity contribution is 5.82. The number of nitrogens with zero attached hydrogens (tertiary/aromatic N) is 1. The summed E-state index contributed by atoms with van der Waals surface area (Å²) in [7, 11) is 1.92. The Balaban J connectivity index is 1.91. The van der Waals surface area contributed by atoms with Crippen LogP contribution in [0.25, 0.3) is 0 Å². The Bertz CT molecular complexity index is 431.